The lowest BCUT2D eigenvalue weighted by molar-refractivity contribution is 0.413. The smallest absolute Gasteiger partial charge is 0.126 e. The molecule has 0 aromatic heterocycles. The summed E-state index contributed by atoms with van der Waals surface area (Å²) in [5.74, 6) is 1.00. The van der Waals surface area contributed by atoms with Gasteiger partial charge in [-0.25, -0.2) is 0 Å². The van der Waals surface area contributed by atoms with Crippen molar-refractivity contribution in [3.8, 4) is 11.8 Å². The quantitative estimate of drug-likeness (QED) is 0.709. The molecule has 122 valence electrons. The van der Waals surface area contributed by atoms with Gasteiger partial charge in [0.1, 0.15) is 5.75 Å². The van der Waals surface area contributed by atoms with Crippen LogP contribution in [-0.2, 0) is 0 Å². The van der Waals surface area contributed by atoms with Crippen molar-refractivity contribution in [2.24, 2.45) is 0 Å². The van der Waals surface area contributed by atoms with E-state index in [1.807, 2.05) is 24.3 Å². The summed E-state index contributed by atoms with van der Waals surface area (Å²) < 4.78 is 5.55. The van der Waals surface area contributed by atoms with Gasteiger partial charge in [0.05, 0.1) is 13.2 Å². The molecule has 0 aliphatic heterocycles. The van der Waals surface area contributed by atoms with E-state index in [9.17, 15) is 5.26 Å². The van der Waals surface area contributed by atoms with Gasteiger partial charge in [0.15, 0.2) is 0 Å². The molecule has 24 heavy (non-hydrogen) atoms. The largest absolute Gasteiger partial charge is 0.496 e. The molecule has 3 rings (SSSR count). The molecule has 0 N–H and O–H groups in total. The molecule has 1 saturated carbocycles. The van der Waals surface area contributed by atoms with Gasteiger partial charge in [-0.05, 0) is 48.9 Å². The lowest BCUT2D eigenvalue weighted by Crippen LogP contribution is -2.01. The molecule has 1 atom stereocenters. The molecule has 0 bridgehead atoms. The van der Waals surface area contributed by atoms with Gasteiger partial charge in [-0.1, -0.05) is 48.0 Å². The Morgan fingerprint density at radius 2 is 1.83 bits per heavy atom. The van der Waals surface area contributed by atoms with Crippen molar-refractivity contribution in [3.05, 3.63) is 70.8 Å². The first-order valence-electron chi connectivity index (χ1n) is 8.61. The van der Waals surface area contributed by atoms with Gasteiger partial charge in [0, 0.05) is 17.9 Å². The summed E-state index contributed by atoms with van der Waals surface area (Å²) in [4.78, 5) is 0. The van der Waals surface area contributed by atoms with Crippen LogP contribution in [0.15, 0.2) is 54.1 Å². The highest BCUT2D eigenvalue weighted by Gasteiger charge is 2.16. The molecule has 2 nitrogen and oxygen atoms in total. The Balaban J connectivity index is 2.00. The zero-order valence-corrected chi connectivity index (χ0v) is 14.2. The van der Waals surface area contributed by atoms with Gasteiger partial charge in [-0.3, -0.25) is 0 Å². The third-order valence-corrected chi connectivity index (χ3v) is 4.76. The van der Waals surface area contributed by atoms with Crippen molar-refractivity contribution in [3.63, 3.8) is 0 Å². The minimum atomic E-state index is 0.0998. The monoisotopic (exact) mass is 317 g/mol. The number of allylic oxidation sites excluding steroid dienone is 1. The van der Waals surface area contributed by atoms with Crippen LogP contribution in [0.4, 0.5) is 0 Å². The molecule has 2 heteroatoms. The minimum absolute atomic E-state index is 0.0998. The van der Waals surface area contributed by atoms with E-state index in [1.165, 1.54) is 42.4 Å². The number of hydrogen-bond donors (Lipinski definition) is 0. The third-order valence-electron chi connectivity index (χ3n) is 4.76. The Bertz CT molecular complexity index is 747. The van der Waals surface area contributed by atoms with Crippen LogP contribution < -0.4 is 4.74 Å². The number of hydrogen-bond acceptors (Lipinski definition) is 2. The average molecular weight is 317 g/mol. The normalized spacial score (nSPS) is 14.9. The number of nitriles is 1. The molecular formula is C22H23NO. The number of rotatable bonds is 5. The molecular weight excluding hydrogens is 294 g/mol. The second-order valence-corrected chi connectivity index (χ2v) is 6.34. The van der Waals surface area contributed by atoms with E-state index in [-0.39, 0.29) is 5.92 Å². The number of ether oxygens (including phenoxy) is 1. The fourth-order valence-corrected chi connectivity index (χ4v) is 3.48. The topological polar surface area (TPSA) is 33.0 Å². The summed E-state index contributed by atoms with van der Waals surface area (Å²) in [6, 6.07) is 18.9. The molecule has 2 aromatic carbocycles. The Labute approximate surface area is 144 Å². The van der Waals surface area contributed by atoms with E-state index in [0.29, 0.717) is 6.42 Å². The molecule has 1 aliphatic rings. The fraction of sp³-hybridized carbons (Fsp3) is 0.318. The van der Waals surface area contributed by atoms with Crippen LogP contribution >= 0.6 is 0 Å². The molecule has 0 spiro atoms. The Hall–Kier alpha value is -2.53. The van der Waals surface area contributed by atoms with E-state index in [2.05, 4.69) is 36.4 Å². The van der Waals surface area contributed by atoms with Crippen molar-refractivity contribution in [1.29, 1.82) is 5.26 Å². The highest BCUT2D eigenvalue weighted by atomic mass is 16.5. The molecule has 0 saturated heterocycles. The summed E-state index contributed by atoms with van der Waals surface area (Å²) in [5, 5.41) is 9.27. The number of nitrogens with zero attached hydrogens (tertiary/aromatic N) is 1. The van der Waals surface area contributed by atoms with Crippen LogP contribution in [-0.4, -0.2) is 7.11 Å². The molecule has 0 amide bonds. The highest BCUT2D eigenvalue weighted by Crippen LogP contribution is 2.34. The van der Waals surface area contributed by atoms with Crippen molar-refractivity contribution in [1.82, 2.24) is 0 Å². The Morgan fingerprint density at radius 3 is 2.50 bits per heavy atom. The lowest BCUT2D eigenvalue weighted by Gasteiger charge is -2.17. The van der Waals surface area contributed by atoms with Gasteiger partial charge in [0.25, 0.3) is 0 Å². The van der Waals surface area contributed by atoms with E-state index in [0.717, 1.165) is 11.3 Å². The second-order valence-electron chi connectivity index (χ2n) is 6.34. The van der Waals surface area contributed by atoms with Crippen molar-refractivity contribution in [2.45, 2.75) is 38.0 Å². The zero-order chi connectivity index (χ0) is 16.8. The maximum Gasteiger partial charge on any atom is 0.126 e. The van der Waals surface area contributed by atoms with Gasteiger partial charge < -0.3 is 4.74 Å². The van der Waals surface area contributed by atoms with Crippen LogP contribution in [0.25, 0.3) is 6.08 Å². The first kappa shape index (κ1) is 16.3. The SMILES string of the molecule is COc1ccc(C(CC#N)c2ccccc2)cc1C=C1CCCC1. The summed E-state index contributed by atoms with van der Waals surface area (Å²) in [6.45, 7) is 0. The van der Waals surface area contributed by atoms with E-state index < -0.39 is 0 Å². The molecule has 0 radical (unpaired) electrons. The molecule has 1 aliphatic carbocycles. The van der Waals surface area contributed by atoms with Crippen LogP contribution in [0, 0.1) is 11.3 Å². The zero-order valence-electron chi connectivity index (χ0n) is 14.2. The first-order valence-corrected chi connectivity index (χ1v) is 8.61. The van der Waals surface area contributed by atoms with Gasteiger partial charge in [-0.2, -0.15) is 5.26 Å². The van der Waals surface area contributed by atoms with E-state index in [1.54, 1.807) is 7.11 Å². The maximum atomic E-state index is 9.27. The predicted molar refractivity (Wildman–Crippen MR) is 98.0 cm³/mol. The second kappa shape index (κ2) is 7.84. The Morgan fingerprint density at radius 1 is 1.08 bits per heavy atom. The average Bonchev–Trinajstić information content (AvgIpc) is 3.13. The van der Waals surface area contributed by atoms with Crippen LogP contribution in [0.1, 0.15) is 54.7 Å². The Kier molecular flexibility index (Phi) is 5.33. The minimum Gasteiger partial charge on any atom is -0.496 e. The standard InChI is InChI=1S/C22H23NO/c1-24-22-12-11-19(16-20(22)15-17-7-5-6-8-17)21(13-14-23)18-9-3-2-4-10-18/h2-4,9-12,15-16,21H,5-8,13H2,1H3. The van der Waals surface area contributed by atoms with Crippen molar-refractivity contribution >= 4 is 6.08 Å². The van der Waals surface area contributed by atoms with Crippen molar-refractivity contribution < 1.29 is 4.74 Å². The first-order chi connectivity index (χ1) is 11.8. The maximum absolute atomic E-state index is 9.27. The van der Waals surface area contributed by atoms with Gasteiger partial charge in [0.2, 0.25) is 0 Å². The highest BCUT2D eigenvalue weighted by molar-refractivity contribution is 5.62. The third kappa shape index (κ3) is 3.68. The van der Waals surface area contributed by atoms with Gasteiger partial charge in [-0.15, -0.1) is 0 Å². The van der Waals surface area contributed by atoms with Crippen LogP contribution in [0.3, 0.4) is 0 Å². The van der Waals surface area contributed by atoms with Crippen molar-refractivity contribution in [2.75, 3.05) is 7.11 Å². The molecule has 0 heterocycles. The number of benzene rings is 2. The number of methoxy groups -OCH3 is 1. The lowest BCUT2D eigenvalue weighted by atomic mass is 9.88. The molecule has 2 aromatic rings. The summed E-state index contributed by atoms with van der Waals surface area (Å²) in [6.07, 6.45) is 7.71. The molecule has 1 fully saturated rings. The van der Waals surface area contributed by atoms with E-state index >= 15 is 0 Å². The summed E-state index contributed by atoms with van der Waals surface area (Å²) in [7, 11) is 1.72. The van der Waals surface area contributed by atoms with E-state index in [4.69, 9.17) is 4.74 Å². The summed E-state index contributed by atoms with van der Waals surface area (Å²) in [5.41, 5.74) is 4.99. The van der Waals surface area contributed by atoms with Crippen LogP contribution in [0.2, 0.25) is 0 Å². The van der Waals surface area contributed by atoms with Gasteiger partial charge >= 0.3 is 0 Å². The predicted octanol–water partition coefficient (Wildman–Crippen LogP) is 5.70. The summed E-state index contributed by atoms with van der Waals surface area (Å²) >= 11 is 0. The molecule has 1 unspecified atom stereocenters. The van der Waals surface area contributed by atoms with Crippen LogP contribution in [0.5, 0.6) is 5.75 Å². The fourth-order valence-electron chi connectivity index (χ4n) is 3.48.